The molecule has 0 radical (unpaired) electrons. The number of aliphatic carboxylic acids is 1. The predicted molar refractivity (Wildman–Crippen MR) is 231 cm³/mol. The van der Waals surface area contributed by atoms with Gasteiger partial charge in [-0.2, -0.15) is 0 Å². The monoisotopic (exact) mass is 796 g/mol. The number of carbonyl (C=O) groups is 3. The Balaban J connectivity index is 4.06. The number of hydrogen-bond acceptors (Lipinski definition) is 7. The first-order valence-corrected chi connectivity index (χ1v) is 24.1. The van der Waals surface area contributed by atoms with Crippen LogP contribution in [0.4, 0.5) is 0 Å². The summed E-state index contributed by atoms with van der Waals surface area (Å²) in [6.45, 7) is 4.68. The third-order valence-corrected chi connectivity index (χ3v) is 11.2. The Bertz CT molecular complexity index is 889. The van der Waals surface area contributed by atoms with Gasteiger partial charge in [-0.05, 0) is 12.8 Å². The van der Waals surface area contributed by atoms with Gasteiger partial charge in [-0.1, -0.05) is 206 Å². The second-order valence-electron chi connectivity index (χ2n) is 17.7. The van der Waals surface area contributed by atoms with Crippen LogP contribution in [0, 0.1) is 0 Å². The third-order valence-electron chi connectivity index (χ3n) is 11.2. The van der Waals surface area contributed by atoms with Crippen LogP contribution in [-0.2, 0) is 28.6 Å². The predicted octanol–water partition coefficient (Wildman–Crippen LogP) is 12.0. The van der Waals surface area contributed by atoms with Gasteiger partial charge in [0.2, 0.25) is 0 Å². The largest absolute Gasteiger partial charge is 0.544 e. The first-order chi connectivity index (χ1) is 27.1. The summed E-state index contributed by atoms with van der Waals surface area (Å²) >= 11 is 0. The van der Waals surface area contributed by atoms with Crippen LogP contribution >= 0.6 is 0 Å². The van der Waals surface area contributed by atoms with E-state index in [0.717, 1.165) is 38.5 Å². The van der Waals surface area contributed by atoms with Crippen molar-refractivity contribution in [1.82, 2.24) is 0 Å². The van der Waals surface area contributed by atoms with Gasteiger partial charge in [-0.3, -0.25) is 9.59 Å². The number of likely N-dealkylation sites (N-methyl/N-ethyl adjacent to an activating group) is 1. The van der Waals surface area contributed by atoms with Crippen molar-refractivity contribution in [2.45, 2.75) is 251 Å². The average Bonchev–Trinajstić information content (AvgIpc) is 3.15. The maximum atomic E-state index is 12.6. The van der Waals surface area contributed by atoms with Gasteiger partial charge in [0.15, 0.2) is 6.10 Å². The minimum absolute atomic E-state index is 0.0487. The molecule has 2 unspecified atom stereocenters. The topological polar surface area (TPSA) is 102 Å². The molecule has 0 aromatic rings. The highest BCUT2D eigenvalue weighted by Gasteiger charge is 2.25. The van der Waals surface area contributed by atoms with Crippen LogP contribution in [0.5, 0.6) is 0 Å². The number of rotatable bonds is 44. The van der Waals surface area contributed by atoms with Crippen molar-refractivity contribution >= 4 is 17.9 Å². The molecule has 0 aliphatic heterocycles. The molecule has 8 nitrogen and oxygen atoms in total. The van der Waals surface area contributed by atoms with Crippen molar-refractivity contribution in [3.8, 4) is 0 Å². The molecule has 0 aromatic carbocycles. The van der Waals surface area contributed by atoms with Gasteiger partial charge in [0.25, 0.3) is 0 Å². The van der Waals surface area contributed by atoms with E-state index in [2.05, 4.69) is 13.8 Å². The molecule has 0 aromatic heterocycles. The number of esters is 2. The second-order valence-corrected chi connectivity index (χ2v) is 17.7. The first kappa shape index (κ1) is 54.3. The summed E-state index contributed by atoms with van der Waals surface area (Å²) in [6, 6.07) is -0.718. The van der Waals surface area contributed by atoms with Gasteiger partial charge < -0.3 is 28.6 Å². The second kappa shape index (κ2) is 40.1. The number of nitrogens with zero attached hydrogens (tertiary/aromatic N) is 1. The molecule has 0 fully saturated rings. The molecule has 0 saturated heterocycles. The number of ether oxygens (including phenoxy) is 3. The van der Waals surface area contributed by atoms with Crippen LogP contribution in [0.1, 0.15) is 239 Å². The van der Waals surface area contributed by atoms with Crippen LogP contribution < -0.4 is 5.11 Å². The Hall–Kier alpha value is -1.67. The Morgan fingerprint density at radius 2 is 0.786 bits per heavy atom. The van der Waals surface area contributed by atoms with Crippen molar-refractivity contribution < 1.29 is 38.2 Å². The lowest BCUT2D eigenvalue weighted by molar-refractivity contribution is -0.889. The molecule has 2 atom stereocenters. The third kappa shape index (κ3) is 37.9. The average molecular weight is 796 g/mol. The van der Waals surface area contributed by atoms with Crippen LogP contribution in [0.15, 0.2) is 0 Å². The smallest absolute Gasteiger partial charge is 0.306 e. The molecule has 0 aliphatic carbocycles. The summed E-state index contributed by atoms with van der Waals surface area (Å²) in [6.07, 6.45) is 41.5. The molecule has 0 heterocycles. The van der Waals surface area contributed by atoms with Gasteiger partial charge in [0.05, 0.1) is 40.3 Å². The van der Waals surface area contributed by atoms with Crippen LogP contribution in [0.25, 0.3) is 0 Å². The molecule has 56 heavy (non-hydrogen) atoms. The number of quaternary nitrogens is 1. The highest BCUT2D eigenvalue weighted by molar-refractivity contribution is 5.70. The first-order valence-electron chi connectivity index (χ1n) is 24.1. The molecular formula is C48H93NO7. The van der Waals surface area contributed by atoms with Crippen LogP contribution in [0.2, 0.25) is 0 Å². The zero-order valence-electron chi connectivity index (χ0n) is 37.8. The molecule has 0 aliphatic rings. The van der Waals surface area contributed by atoms with Gasteiger partial charge in [0, 0.05) is 19.3 Å². The molecule has 332 valence electrons. The zero-order valence-corrected chi connectivity index (χ0v) is 37.8. The van der Waals surface area contributed by atoms with Gasteiger partial charge in [0.1, 0.15) is 12.6 Å². The Morgan fingerprint density at radius 3 is 1.11 bits per heavy atom. The Morgan fingerprint density at radius 1 is 0.464 bits per heavy atom. The van der Waals surface area contributed by atoms with E-state index in [1.165, 1.54) is 167 Å². The van der Waals surface area contributed by atoms with E-state index in [1.807, 2.05) is 0 Å². The summed E-state index contributed by atoms with van der Waals surface area (Å²) in [5.41, 5.74) is 0. The Kier molecular flexibility index (Phi) is 38.9. The van der Waals surface area contributed by atoms with Crippen molar-refractivity contribution in [1.29, 1.82) is 0 Å². The molecule has 0 amide bonds. The number of hydrogen-bond donors (Lipinski definition) is 0. The maximum absolute atomic E-state index is 12.6. The van der Waals surface area contributed by atoms with Crippen LogP contribution in [-0.4, -0.2) is 75.5 Å². The van der Waals surface area contributed by atoms with Gasteiger partial charge in [-0.15, -0.1) is 0 Å². The lowest BCUT2D eigenvalue weighted by atomic mass is 10.0. The molecule has 0 saturated carbocycles. The maximum Gasteiger partial charge on any atom is 0.306 e. The lowest BCUT2D eigenvalue weighted by Crippen LogP contribution is -2.55. The van der Waals surface area contributed by atoms with E-state index in [0.29, 0.717) is 12.8 Å². The quantitative estimate of drug-likeness (QED) is 0.0344. The van der Waals surface area contributed by atoms with E-state index >= 15 is 0 Å². The van der Waals surface area contributed by atoms with E-state index < -0.39 is 18.1 Å². The SMILES string of the molecule is CCCCCCCCCCCCCCCCCCCCCCCCCC(=O)OCC(COCCC(C(=O)[O-])[N+](C)(C)C)OC(=O)CCCCCCCCCCC. The van der Waals surface area contributed by atoms with Crippen molar-refractivity contribution in [2.24, 2.45) is 0 Å². The number of carboxylic acids is 1. The number of carbonyl (C=O) groups excluding carboxylic acids is 3. The molecule has 0 N–H and O–H groups in total. The normalized spacial score (nSPS) is 12.8. The molecule has 8 heteroatoms. The number of carboxylic acid groups (broad SMARTS) is 1. The standard InChI is InChI=1S/C48H93NO7/c1-6-8-10-12-14-16-17-18-19-20-21-22-23-24-25-26-27-28-29-31-32-34-36-38-46(50)55-43-44(42-54-41-40-45(48(52)53)49(3,4)5)56-47(51)39-37-35-33-30-15-13-11-9-7-2/h44-45H,6-43H2,1-5H3. The lowest BCUT2D eigenvalue weighted by Gasteiger charge is -2.34. The van der Waals surface area contributed by atoms with Gasteiger partial charge in [-0.25, -0.2) is 0 Å². The molecular weight excluding hydrogens is 703 g/mol. The Labute approximate surface area is 346 Å². The fourth-order valence-corrected chi connectivity index (χ4v) is 7.49. The highest BCUT2D eigenvalue weighted by atomic mass is 16.6. The fraction of sp³-hybridized carbons (Fsp3) is 0.938. The highest BCUT2D eigenvalue weighted by Crippen LogP contribution is 2.17. The summed E-state index contributed by atoms with van der Waals surface area (Å²) < 4.78 is 17.2. The zero-order chi connectivity index (χ0) is 41.4. The van der Waals surface area contributed by atoms with E-state index in [9.17, 15) is 19.5 Å². The molecule has 0 bridgehead atoms. The summed E-state index contributed by atoms with van der Waals surface area (Å²) in [7, 11) is 5.42. The molecule has 0 rings (SSSR count). The minimum Gasteiger partial charge on any atom is -0.544 e. The van der Waals surface area contributed by atoms with E-state index in [1.54, 1.807) is 21.1 Å². The van der Waals surface area contributed by atoms with Crippen LogP contribution in [0.3, 0.4) is 0 Å². The number of unbranched alkanes of at least 4 members (excludes halogenated alkanes) is 30. The summed E-state index contributed by atoms with van der Waals surface area (Å²) in [5.74, 6) is -1.72. The van der Waals surface area contributed by atoms with E-state index in [-0.39, 0.29) is 42.7 Å². The van der Waals surface area contributed by atoms with Gasteiger partial charge >= 0.3 is 11.9 Å². The van der Waals surface area contributed by atoms with E-state index in [4.69, 9.17) is 14.2 Å². The van der Waals surface area contributed by atoms with Crippen molar-refractivity contribution in [3.63, 3.8) is 0 Å². The summed E-state index contributed by atoms with van der Waals surface area (Å²) in [4.78, 5) is 36.8. The fourth-order valence-electron chi connectivity index (χ4n) is 7.49. The minimum atomic E-state index is -1.12. The van der Waals surface area contributed by atoms with Crippen molar-refractivity contribution in [3.05, 3.63) is 0 Å². The summed E-state index contributed by atoms with van der Waals surface area (Å²) in [5, 5.41) is 11.6. The molecule has 0 spiro atoms. The van der Waals surface area contributed by atoms with Crippen molar-refractivity contribution in [2.75, 3.05) is 41.0 Å².